The van der Waals surface area contributed by atoms with Gasteiger partial charge in [0.25, 0.3) is 0 Å². The number of thiophene rings is 1. The molecule has 2 atom stereocenters. The Labute approximate surface area is 124 Å². The molecular weight excluding hydrogens is 270 g/mol. The average Bonchev–Trinajstić information content (AvgIpc) is 2.96. The lowest BCUT2D eigenvalue weighted by molar-refractivity contribution is -0.138. The van der Waals surface area contributed by atoms with Crippen LogP contribution >= 0.6 is 11.3 Å². The summed E-state index contributed by atoms with van der Waals surface area (Å²) in [5.41, 5.74) is 1.42. The van der Waals surface area contributed by atoms with Gasteiger partial charge in [-0.25, -0.2) is 0 Å². The highest BCUT2D eigenvalue weighted by molar-refractivity contribution is 7.10. The Morgan fingerprint density at radius 2 is 2.15 bits per heavy atom. The van der Waals surface area contributed by atoms with Crippen molar-refractivity contribution >= 4 is 17.2 Å². The fourth-order valence-electron chi connectivity index (χ4n) is 3.35. The fraction of sp³-hybridized carbons (Fsp3) is 0.667. The normalized spacial score (nSPS) is 25.3. The molecule has 1 aromatic heterocycles. The molecule has 0 aliphatic carbocycles. The molecule has 2 aliphatic rings. The number of fused-ring (bicyclic) bond motifs is 1. The first kappa shape index (κ1) is 14.0. The average molecular weight is 293 g/mol. The van der Waals surface area contributed by atoms with E-state index >= 15 is 0 Å². The first-order valence-corrected chi connectivity index (χ1v) is 8.38. The second-order valence-electron chi connectivity index (χ2n) is 5.71. The molecule has 1 aromatic rings. The third kappa shape index (κ3) is 2.50. The molecule has 0 bridgehead atoms. The van der Waals surface area contributed by atoms with E-state index in [1.54, 1.807) is 0 Å². The Balaban J connectivity index is 1.71. The summed E-state index contributed by atoms with van der Waals surface area (Å²) >= 11 is 1.85. The van der Waals surface area contributed by atoms with Gasteiger partial charge in [-0.1, -0.05) is 0 Å². The van der Waals surface area contributed by atoms with Crippen molar-refractivity contribution in [2.45, 2.75) is 32.4 Å². The minimum absolute atomic E-state index is 0.0175. The number of piperazine rings is 1. The lowest BCUT2D eigenvalue weighted by Gasteiger charge is -2.40. The Kier molecular flexibility index (Phi) is 4.10. The first-order valence-electron chi connectivity index (χ1n) is 7.50. The topological polar surface area (TPSA) is 35.6 Å². The predicted molar refractivity (Wildman–Crippen MR) is 82.1 cm³/mol. The Bertz CT molecular complexity index is 481. The molecular formula is C15H23N3OS. The van der Waals surface area contributed by atoms with E-state index in [1.807, 2.05) is 16.2 Å². The van der Waals surface area contributed by atoms with Crippen molar-refractivity contribution in [2.75, 3.05) is 32.7 Å². The summed E-state index contributed by atoms with van der Waals surface area (Å²) in [6, 6.07) is 2.56. The molecule has 1 fully saturated rings. The maximum atomic E-state index is 12.7. The third-order valence-corrected chi connectivity index (χ3v) is 5.60. The maximum absolute atomic E-state index is 12.7. The van der Waals surface area contributed by atoms with E-state index in [0.29, 0.717) is 6.04 Å². The molecule has 0 spiro atoms. The number of carbonyl (C=O) groups excluding carboxylic acids is 1. The molecule has 2 aliphatic heterocycles. The van der Waals surface area contributed by atoms with Gasteiger partial charge >= 0.3 is 0 Å². The summed E-state index contributed by atoms with van der Waals surface area (Å²) in [4.78, 5) is 18.5. The molecule has 3 rings (SSSR count). The molecule has 5 heteroatoms. The van der Waals surface area contributed by atoms with Crippen LogP contribution in [0.5, 0.6) is 0 Å². The highest BCUT2D eigenvalue weighted by atomic mass is 32.1. The monoisotopic (exact) mass is 293 g/mol. The summed E-state index contributed by atoms with van der Waals surface area (Å²) < 4.78 is 0. The van der Waals surface area contributed by atoms with Gasteiger partial charge in [0.2, 0.25) is 5.91 Å². The number of carbonyl (C=O) groups is 1. The molecule has 0 saturated carbocycles. The number of hydrogen-bond acceptors (Lipinski definition) is 4. The Hall–Kier alpha value is -0.910. The van der Waals surface area contributed by atoms with Gasteiger partial charge < -0.3 is 10.2 Å². The van der Waals surface area contributed by atoms with Crippen LogP contribution in [-0.2, 0) is 11.2 Å². The van der Waals surface area contributed by atoms with Gasteiger partial charge in [-0.05, 0) is 37.3 Å². The molecule has 3 heterocycles. The molecule has 110 valence electrons. The van der Waals surface area contributed by atoms with E-state index in [1.165, 1.54) is 10.4 Å². The van der Waals surface area contributed by atoms with Gasteiger partial charge in [-0.2, -0.15) is 0 Å². The summed E-state index contributed by atoms with van der Waals surface area (Å²) in [5.74, 6) is 0.289. The zero-order chi connectivity index (χ0) is 14.1. The van der Waals surface area contributed by atoms with Crippen LogP contribution in [-0.4, -0.2) is 54.5 Å². The molecule has 4 nitrogen and oxygen atoms in total. The van der Waals surface area contributed by atoms with Crippen LogP contribution < -0.4 is 5.32 Å². The summed E-state index contributed by atoms with van der Waals surface area (Å²) in [5, 5.41) is 5.47. The van der Waals surface area contributed by atoms with Crippen LogP contribution in [0, 0.1) is 0 Å². The molecule has 1 amide bonds. The largest absolute Gasteiger partial charge is 0.339 e. The van der Waals surface area contributed by atoms with Crippen molar-refractivity contribution in [3.63, 3.8) is 0 Å². The predicted octanol–water partition coefficient (Wildman–Crippen LogP) is 1.49. The van der Waals surface area contributed by atoms with Crippen LogP contribution in [0.15, 0.2) is 11.4 Å². The van der Waals surface area contributed by atoms with E-state index in [9.17, 15) is 4.79 Å². The highest BCUT2D eigenvalue weighted by Crippen LogP contribution is 2.34. The molecule has 0 radical (unpaired) electrons. The molecule has 2 unspecified atom stereocenters. The number of nitrogens with zero attached hydrogens (tertiary/aromatic N) is 2. The lowest BCUT2D eigenvalue weighted by atomic mass is 9.99. The number of rotatable bonds is 2. The van der Waals surface area contributed by atoms with E-state index in [0.717, 1.165) is 39.1 Å². The fourth-order valence-corrected chi connectivity index (χ4v) is 4.31. The SMILES string of the molecule is CC(C(=O)N1CCNCC1)N1CCc2sccc2C1C. The van der Waals surface area contributed by atoms with E-state index in [4.69, 9.17) is 0 Å². The minimum Gasteiger partial charge on any atom is -0.339 e. The zero-order valence-corrected chi connectivity index (χ0v) is 13.1. The summed E-state index contributed by atoms with van der Waals surface area (Å²) in [7, 11) is 0. The first-order chi connectivity index (χ1) is 9.68. The number of nitrogens with one attached hydrogen (secondary N) is 1. The molecule has 20 heavy (non-hydrogen) atoms. The van der Waals surface area contributed by atoms with Crippen molar-refractivity contribution in [3.8, 4) is 0 Å². The molecule has 1 N–H and O–H groups in total. The van der Waals surface area contributed by atoms with Crippen molar-refractivity contribution < 1.29 is 4.79 Å². The van der Waals surface area contributed by atoms with Crippen LogP contribution in [0.4, 0.5) is 0 Å². The molecule has 0 aromatic carbocycles. The van der Waals surface area contributed by atoms with Gasteiger partial charge in [-0.15, -0.1) is 11.3 Å². The smallest absolute Gasteiger partial charge is 0.239 e. The van der Waals surface area contributed by atoms with Crippen LogP contribution in [0.3, 0.4) is 0 Å². The molecule has 1 saturated heterocycles. The van der Waals surface area contributed by atoms with Gasteiger partial charge in [0.1, 0.15) is 0 Å². The van der Waals surface area contributed by atoms with Crippen molar-refractivity contribution in [2.24, 2.45) is 0 Å². The highest BCUT2D eigenvalue weighted by Gasteiger charge is 2.33. The zero-order valence-electron chi connectivity index (χ0n) is 12.3. The van der Waals surface area contributed by atoms with Gasteiger partial charge in [-0.3, -0.25) is 9.69 Å². The van der Waals surface area contributed by atoms with Crippen LogP contribution in [0.1, 0.15) is 30.3 Å². The summed E-state index contributed by atoms with van der Waals surface area (Å²) in [6.07, 6.45) is 1.08. The quantitative estimate of drug-likeness (QED) is 0.897. The summed E-state index contributed by atoms with van der Waals surface area (Å²) in [6.45, 7) is 8.81. The Morgan fingerprint density at radius 3 is 2.90 bits per heavy atom. The lowest BCUT2D eigenvalue weighted by Crippen LogP contribution is -2.54. The second kappa shape index (κ2) is 5.84. The second-order valence-corrected chi connectivity index (χ2v) is 6.71. The maximum Gasteiger partial charge on any atom is 0.239 e. The third-order valence-electron chi connectivity index (χ3n) is 4.61. The van der Waals surface area contributed by atoms with Crippen molar-refractivity contribution in [3.05, 3.63) is 21.9 Å². The standard InChI is InChI=1S/C15H23N3OS/c1-11-13-4-10-20-14(13)3-7-18(11)12(2)15(19)17-8-5-16-6-9-17/h4,10-12,16H,3,5-9H2,1-2H3. The van der Waals surface area contributed by atoms with Crippen molar-refractivity contribution in [1.29, 1.82) is 0 Å². The van der Waals surface area contributed by atoms with Crippen LogP contribution in [0.2, 0.25) is 0 Å². The van der Waals surface area contributed by atoms with Crippen LogP contribution in [0.25, 0.3) is 0 Å². The van der Waals surface area contributed by atoms with E-state index in [-0.39, 0.29) is 11.9 Å². The van der Waals surface area contributed by atoms with Gasteiger partial charge in [0, 0.05) is 43.6 Å². The van der Waals surface area contributed by atoms with E-state index < -0.39 is 0 Å². The van der Waals surface area contributed by atoms with Gasteiger partial charge in [0.15, 0.2) is 0 Å². The Morgan fingerprint density at radius 1 is 1.40 bits per heavy atom. The van der Waals surface area contributed by atoms with Gasteiger partial charge in [0.05, 0.1) is 6.04 Å². The minimum atomic E-state index is -0.0175. The number of hydrogen-bond donors (Lipinski definition) is 1. The van der Waals surface area contributed by atoms with Crippen molar-refractivity contribution in [1.82, 2.24) is 15.1 Å². The van der Waals surface area contributed by atoms with E-state index in [2.05, 4.69) is 35.5 Å². The number of amides is 1.